The topological polar surface area (TPSA) is 33.1 Å². The standard InChI is InChI=1S/C28H26BrClN4S/c1-16-8-9-20(30)15-25(16)33-18(3)14-22(19(33)4)27-26(24-7-5-6-12-31-24)32-28(35)34(27)21-10-11-23(29)17(2)13-21/h5-15,26-27H,1-4H3,(H,32,35). The lowest BCUT2D eigenvalue weighted by atomic mass is 9.96. The Hall–Kier alpha value is -2.67. The molecular weight excluding hydrogens is 540 g/mol. The van der Waals surface area contributed by atoms with Gasteiger partial charge in [-0.3, -0.25) is 4.98 Å². The Kier molecular flexibility index (Phi) is 6.47. The molecule has 7 heteroatoms. The predicted molar refractivity (Wildman–Crippen MR) is 152 cm³/mol. The maximum Gasteiger partial charge on any atom is 0.174 e. The fourth-order valence-corrected chi connectivity index (χ4v) is 5.77. The van der Waals surface area contributed by atoms with E-state index in [1.807, 2.05) is 30.5 Å². The van der Waals surface area contributed by atoms with Crippen molar-refractivity contribution >= 4 is 50.5 Å². The van der Waals surface area contributed by atoms with Crippen LogP contribution >= 0.6 is 39.7 Å². The van der Waals surface area contributed by atoms with E-state index >= 15 is 0 Å². The summed E-state index contributed by atoms with van der Waals surface area (Å²) < 4.78 is 3.37. The van der Waals surface area contributed by atoms with Crippen LogP contribution in [-0.2, 0) is 0 Å². The van der Waals surface area contributed by atoms with E-state index in [1.54, 1.807) is 0 Å². The van der Waals surface area contributed by atoms with Crippen molar-refractivity contribution in [1.29, 1.82) is 0 Å². The summed E-state index contributed by atoms with van der Waals surface area (Å²) in [6.45, 7) is 8.52. The first-order valence-electron chi connectivity index (χ1n) is 11.5. The molecule has 1 saturated heterocycles. The zero-order chi connectivity index (χ0) is 24.9. The summed E-state index contributed by atoms with van der Waals surface area (Å²) in [5.74, 6) is 0. The van der Waals surface area contributed by atoms with Gasteiger partial charge in [-0.05, 0) is 105 Å². The molecule has 4 nitrogen and oxygen atoms in total. The van der Waals surface area contributed by atoms with Crippen molar-refractivity contribution in [2.24, 2.45) is 0 Å². The minimum absolute atomic E-state index is 0.0718. The van der Waals surface area contributed by atoms with Gasteiger partial charge in [0.2, 0.25) is 0 Å². The Morgan fingerprint density at radius 3 is 2.49 bits per heavy atom. The van der Waals surface area contributed by atoms with Crippen LogP contribution in [0.25, 0.3) is 5.69 Å². The number of pyridine rings is 1. The van der Waals surface area contributed by atoms with Gasteiger partial charge in [-0.25, -0.2) is 0 Å². The fraction of sp³-hybridized carbons (Fsp3) is 0.214. The third kappa shape index (κ3) is 4.28. The van der Waals surface area contributed by atoms with Crippen LogP contribution in [0.5, 0.6) is 0 Å². The monoisotopic (exact) mass is 564 g/mol. The number of anilines is 1. The zero-order valence-electron chi connectivity index (χ0n) is 20.0. The number of rotatable bonds is 4. The van der Waals surface area contributed by atoms with E-state index in [-0.39, 0.29) is 12.1 Å². The van der Waals surface area contributed by atoms with Gasteiger partial charge in [0, 0.05) is 38.5 Å². The second-order valence-corrected chi connectivity index (χ2v) is 10.7. The SMILES string of the molecule is Cc1cc(N2C(=S)NC(c3ccccn3)C2c2cc(C)n(-c3cc(Cl)ccc3C)c2C)ccc1Br. The molecule has 0 bridgehead atoms. The highest BCUT2D eigenvalue weighted by atomic mass is 79.9. The zero-order valence-corrected chi connectivity index (χ0v) is 23.2. The molecule has 5 rings (SSSR count). The van der Waals surface area contributed by atoms with Crippen molar-refractivity contribution in [3.63, 3.8) is 0 Å². The minimum atomic E-state index is -0.0953. The van der Waals surface area contributed by atoms with Crippen molar-refractivity contribution in [2.75, 3.05) is 4.90 Å². The highest BCUT2D eigenvalue weighted by Gasteiger charge is 2.42. The molecule has 0 saturated carbocycles. The van der Waals surface area contributed by atoms with Gasteiger partial charge in [0.1, 0.15) is 0 Å². The summed E-state index contributed by atoms with van der Waals surface area (Å²) >= 11 is 15.9. The molecule has 1 N–H and O–H groups in total. The molecule has 1 fully saturated rings. The number of hydrogen-bond donors (Lipinski definition) is 1. The molecule has 2 atom stereocenters. The van der Waals surface area contributed by atoms with Crippen molar-refractivity contribution in [3.05, 3.63) is 110 Å². The number of benzene rings is 2. The van der Waals surface area contributed by atoms with Crippen LogP contribution in [0.4, 0.5) is 5.69 Å². The third-order valence-electron chi connectivity index (χ3n) is 6.72. The van der Waals surface area contributed by atoms with E-state index in [1.165, 1.54) is 11.1 Å². The summed E-state index contributed by atoms with van der Waals surface area (Å²) in [6.07, 6.45) is 1.84. The van der Waals surface area contributed by atoms with Crippen LogP contribution in [0.1, 0.15) is 45.9 Å². The maximum atomic E-state index is 6.40. The van der Waals surface area contributed by atoms with Crippen molar-refractivity contribution in [2.45, 2.75) is 39.8 Å². The van der Waals surface area contributed by atoms with Crippen LogP contribution in [0, 0.1) is 27.7 Å². The summed E-state index contributed by atoms with van der Waals surface area (Å²) in [7, 11) is 0. The van der Waals surface area contributed by atoms with Crippen LogP contribution in [0.2, 0.25) is 5.02 Å². The molecule has 1 aliphatic rings. The second kappa shape index (κ2) is 9.41. The highest BCUT2D eigenvalue weighted by Crippen LogP contribution is 2.44. The highest BCUT2D eigenvalue weighted by molar-refractivity contribution is 9.10. The first-order valence-corrected chi connectivity index (χ1v) is 13.1. The molecule has 0 radical (unpaired) electrons. The van der Waals surface area contributed by atoms with Crippen LogP contribution in [0.15, 0.2) is 71.3 Å². The molecule has 0 aliphatic carbocycles. The Bertz CT molecular complexity index is 1430. The molecule has 178 valence electrons. The largest absolute Gasteiger partial charge is 0.351 e. The number of nitrogens with one attached hydrogen (secondary N) is 1. The fourth-order valence-electron chi connectivity index (χ4n) is 5.01. The lowest BCUT2D eigenvalue weighted by molar-refractivity contribution is 0.565. The number of aryl methyl sites for hydroxylation is 3. The molecule has 35 heavy (non-hydrogen) atoms. The van der Waals surface area contributed by atoms with E-state index in [4.69, 9.17) is 28.8 Å². The van der Waals surface area contributed by atoms with Crippen LogP contribution < -0.4 is 10.2 Å². The summed E-state index contributed by atoms with van der Waals surface area (Å²) in [5, 5.41) is 4.99. The molecule has 0 amide bonds. The van der Waals surface area contributed by atoms with E-state index in [0.717, 1.165) is 43.5 Å². The van der Waals surface area contributed by atoms with Gasteiger partial charge in [0.25, 0.3) is 0 Å². The number of thiocarbonyl (C=S) groups is 1. The molecule has 1 aliphatic heterocycles. The van der Waals surface area contributed by atoms with Gasteiger partial charge in [0.15, 0.2) is 5.11 Å². The van der Waals surface area contributed by atoms with Gasteiger partial charge in [0.05, 0.1) is 17.8 Å². The smallest absolute Gasteiger partial charge is 0.174 e. The van der Waals surface area contributed by atoms with Crippen molar-refractivity contribution in [1.82, 2.24) is 14.9 Å². The Morgan fingerprint density at radius 1 is 0.971 bits per heavy atom. The maximum absolute atomic E-state index is 6.40. The van der Waals surface area contributed by atoms with Gasteiger partial charge < -0.3 is 14.8 Å². The number of nitrogens with zero attached hydrogens (tertiary/aromatic N) is 3. The third-order valence-corrected chi connectivity index (χ3v) is 8.16. The first-order chi connectivity index (χ1) is 16.8. The average molecular weight is 566 g/mol. The summed E-state index contributed by atoms with van der Waals surface area (Å²) in [4.78, 5) is 6.92. The second-order valence-electron chi connectivity index (χ2n) is 9.02. The van der Waals surface area contributed by atoms with E-state index in [0.29, 0.717) is 5.11 Å². The molecule has 2 aromatic heterocycles. The lowest BCUT2D eigenvalue weighted by Gasteiger charge is -2.28. The Balaban J connectivity index is 1.71. The summed E-state index contributed by atoms with van der Waals surface area (Å²) in [6, 6.07) is 20.5. The van der Waals surface area contributed by atoms with Crippen LogP contribution in [0.3, 0.4) is 0 Å². The normalized spacial score (nSPS) is 17.7. The number of hydrogen-bond acceptors (Lipinski definition) is 2. The van der Waals surface area contributed by atoms with Crippen molar-refractivity contribution < 1.29 is 0 Å². The molecule has 0 spiro atoms. The summed E-state index contributed by atoms with van der Waals surface area (Å²) in [5.41, 5.74) is 8.93. The van der Waals surface area contributed by atoms with E-state index in [9.17, 15) is 0 Å². The van der Waals surface area contributed by atoms with Crippen LogP contribution in [-0.4, -0.2) is 14.7 Å². The molecule has 3 heterocycles. The average Bonchev–Trinajstić information content (AvgIpc) is 3.33. The van der Waals surface area contributed by atoms with Gasteiger partial charge >= 0.3 is 0 Å². The Labute approximate surface area is 225 Å². The van der Waals surface area contributed by atoms with E-state index in [2.05, 4.69) is 94.8 Å². The predicted octanol–water partition coefficient (Wildman–Crippen LogP) is 7.70. The van der Waals surface area contributed by atoms with Gasteiger partial charge in [-0.1, -0.05) is 39.7 Å². The molecule has 2 aromatic carbocycles. The number of halogens is 2. The molecule has 4 aromatic rings. The Morgan fingerprint density at radius 2 is 1.77 bits per heavy atom. The van der Waals surface area contributed by atoms with Gasteiger partial charge in [-0.2, -0.15) is 0 Å². The van der Waals surface area contributed by atoms with E-state index < -0.39 is 0 Å². The quantitative estimate of drug-likeness (QED) is 0.257. The molecular formula is C28H26BrClN4S. The lowest BCUT2D eigenvalue weighted by Crippen LogP contribution is -2.29. The first kappa shape index (κ1) is 24.0. The minimum Gasteiger partial charge on any atom is -0.351 e. The number of aromatic nitrogens is 2. The van der Waals surface area contributed by atoms with Crippen molar-refractivity contribution in [3.8, 4) is 5.69 Å². The van der Waals surface area contributed by atoms with Gasteiger partial charge in [-0.15, -0.1) is 0 Å². The molecule has 2 unspecified atom stereocenters.